The summed E-state index contributed by atoms with van der Waals surface area (Å²) in [6.45, 7) is 2.51. The van der Waals surface area contributed by atoms with Crippen LogP contribution in [0.1, 0.15) is 5.56 Å². The van der Waals surface area contributed by atoms with E-state index < -0.39 is 15.7 Å². The van der Waals surface area contributed by atoms with E-state index in [9.17, 15) is 12.8 Å². The number of ether oxygens (including phenoxy) is 1. The molecule has 0 saturated heterocycles. The van der Waals surface area contributed by atoms with Crippen LogP contribution in [0, 0.1) is 12.7 Å². The molecule has 1 aromatic heterocycles. The molecule has 0 bridgehead atoms. The minimum Gasteiger partial charge on any atom is -0.492 e. The van der Waals surface area contributed by atoms with Crippen LogP contribution in [0.2, 0.25) is 0 Å². The second-order valence-corrected chi connectivity index (χ2v) is 8.93. The zero-order valence-corrected chi connectivity index (χ0v) is 18.1. The summed E-state index contributed by atoms with van der Waals surface area (Å²) in [4.78, 5) is 4.19. The molecule has 1 heterocycles. The van der Waals surface area contributed by atoms with E-state index in [2.05, 4.69) is 10.3 Å². The van der Waals surface area contributed by atoms with Gasteiger partial charge in [-0.3, -0.25) is 0 Å². The molecule has 0 atom stereocenters. The van der Waals surface area contributed by atoms with Crippen molar-refractivity contribution in [3.05, 3.63) is 90.2 Å². The first-order chi connectivity index (χ1) is 15.4. The number of para-hydroxylation sites is 1. The Labute approximate surface area is 185 Å². The Morgan fingerprint density at radius 3 is 2.34 bits per heavy atom. The van der Waals surface area contributed by atoms with E-state index >= 15 is 0 Å². The number of nitrogens with one attached hydrogen (secondary N) is 1. The second kappa shape index (κ2) is 9.23. The van der Waals surface area contributed by atoms with Gasteiger partial charge in [-0.05, 0) is 55.5 Å². The maximum atomic E-state index is 13.3. The van der Waals surface area contributed by atoms with Gasteiger partial charge in [0.2, 0.25) is 26.6 Å². The van der Waals surface area contributed by atoms with E-state index in [0.29, 0.717) is 11.3 Å². The predicted molar refractivity (Wildman–Crippen MR) is 119 cm³/mol. The molecule has 4 aromatic rings. The first kappa shape index (κ1) is 21.6. The van der Waals surface area contributed by atoms with Gasteiger partial charge in [0, 0.05) is 5.56 Å². The second-order valence-electron chi connectivity index (χ2n) is 7.06. The van der Waals surface area contributed by atoms with E-state index in [-0.39, 0.29) is 34.8 Å². The Hall–Kier alpha value is -3.65. The number of halogens is 1. The number of nitrogens with zero attached hydrogens (tertiary/aromatic N) is 1. The van der Waals surface area contributed by atoms with Crippen LogP contribution >= 0.6 is 0 Å². The fourth-order valence-corrected chi connectivity index (χ4v) is 4.27. The molecule has 0 aliphatic carbocycles. The fourth-order valence-electron chi connectivity index (χ4n) is 3.00. The summed E-state index contributed by atoms with van der Waals surface area (Å²) >= 11 is 0. The Morgan fingerprint density at radius 2 is 1.66 bits per heavy atom. The van der Waals surface area contributed by atoms with E-state index in [1.807, 2.05) is 49.4 Å². The molecule has 3 aromatic carbocycles. The van der Waals surface area contributed by atoms with Crippen molar-refractivity contribution in [2.24, 2.45) is 0 Å². The van der Waals surface area contributed by atoms with Gasteiger partial charge in [-0.1, -0.05) is 35.9 Å². The summed E-state index contributed by atoms with van der Waals surface area (Å²) in [7, 11) is -4.05. The van der Waals surface area contributed by atoms with Gasteiger partial charge in [-0.25, -0.2) is 12.8 Å². The summed E-state index contributed by atoms with van der Waals surface area (Å²) in [5, 5.41) is 2.70. The van der Waals surface area contributed by atoms with Gasteiger partial charge >= 0.3 is 0 Å². The van der Waals surface area contributed by atoms with Crippen LogP contribution in [0.5, 0.6) is 5.75 Å². The summed E-state index contributed by atoms with van der Waals surface area (Å²) in [6, 6.07) is 21.2. The Morgan fingerprint density at radius 1 is 0.969 bits per heavy atom. The smallest absolute Gasteiger partial charge is 0.234 e. The summed E-state index contributed by atoms with van der Waals surface area (Å²) < 4.78 is 51.1. The molecule has 0 saturated carbocycles. The number of hydrogen-bond acceptors (Lipinski definition) is 6. The van der Waals surface area contributed by atoms with Gasteiger partial charge in [-0.2, -0.15) is 4.98 Å². The molecule has 0 radical (unpaired) electrons. The number of aromatic nitrogens is 1. The number of hydrogen-bond donors (Lipinski definition) is 1. The van der Waals surface area contributed by atoms with Crippen LogP contribution in [0.3, 0.4) is 0 Å². The number of anilines is 1. The minimum atomic E-state index is -4.05. The minimum absolute atomic E-state index is 0.00145. The standard InChI is InChI=1S/C24H21FN2O4S/c1-17-7-9-18(10-8-17)22-27-24(32(28,29)21-13-11-19(25)12-14-21)23(31-22)26-15-16-30-20-5-3-2-4-6-20/h2-14,26H,15-16H2,1H3. The van der Waals surface area contributed by atoms with Crippen LogP contribution in [0.4, 0.5) is 10.3 Å². The molecule has 0 aliphatic heterocycles. The largest absolute Gasteiger partial charge is 0.492 e. The topological polar surface area (TPSA) is 81.4 Å². The van der Waals surface area contributed by atoms with Crippen molar-refractivity contribution in [2.45, 2.75) is 16.8 Å². The highest BCUT2D eigenvalue weighted by Gasteiger charge is 2.28. The number of oxazole rings is 1. The Bertz CT molecular complexity index is 1290. The molecule has 0 fully saturated rings. The molecule has 6 nitrogen and oxygen atoms in total. The maximum absolute atomic E-state index is 13.3. The third-order valence-corrected chi connectivity index (χ3v) is 6.35. The molecular weight excluding hydrogens is 431 g/mol. The van der Waals surface area contributed by atoms with Crippen molar-refractivity contribution >= 4 is 15.7 Å². The number of sulfone groups is 1. The molecule has 0 aliphatic rings. The lowest BCUT2D eigenvalue weighted by Gasteiger charge is -2.08. The fraction of sp³-hybridized carbons (Fsp3) is 0.125. The number of aryl methyl sites for hydroxylation is 1. The average Bonchev–Trinajstić information content (AvgIpc) is 3.23. The van der Waals surface area contributed by atoms with Crippen molar-refractivity contribution < 1.29 is 22.0 Å². The normalized spacial score (nSPS) is 11.3. The molecule has 0 unspecified atom stereocenters. The van der Waals surface area contributed by atoms with Crippen molar-refractivity contribution in [1.82, 2.24) is 4.98 Å². The molecule has 164 valence electrons. The zero-order valence-electron chi connectivity index (χ0n) is 17.3. The highest BCUT2D eigenvalue weighted by Crippen LogP contribution is 2.32. The van der Waals surface area contributed by atoms with Gasteiger partial charge in [0.05, 0.1) is 11.4 Å². The van der Waals surface area contributed by atoms with Gasteiger partial charge in [-0.15, -0.1) is 0 Å². The van der Waals surface area contributed by atoms with Crippen LogP contribution < -0.4 is 10.1 Å². The van der Waals surface area contributed by atoms with Crippen molar-refractivity contribution in [3.8, 4) is 17.2 Å². The zero-order chi connectivity index (χ0) is 22.6. The third-order valence-electron chi connectivity index (χ3n) is 4.67. The lowest BCUT2D eigenvalue weighted by molar-refractivity contribution is 0.331. The summed E-state index contributed by atoms with van der Waals surface area (Å²) in [6.07, 6.45) is 0. The van der Waals surface area contributed by atoms with Crippen molar-refractivity contribution in [3.63, 3.8) is 0 Å². The number of rotatable bonds is 8. The lowest BCUT2D eigenvalue weighted by atomic mass is 10.1. The van der Waals surface area contributed by atoms with Gasteiger partial charge in [0.25, 0.3) is 0 Å². The van der Waals surface area contributed by atoms with Crippen LogP contribution in [-0.2, 0) is 9.84 Å². The molecule has 4 rings (SSSR count). The lowest BCUT2D eigenvalue weighted by Crippen LogP contribution is -2.13. The predicted octanol–water partition coefficient (Wildman–Crippen LogP) is 5.11. The van der Waals surface area contributed by atoms with Gasteiger partial charge in [0.1, 0.15) is 18.2 Å². The van der Waals surface area contributed by atoms with Crippen molar-refractivity contribution in [1.29, 1.82) is 0 Å². The van der Waals surface area contributed by atoms with Crippen LogP contribution in [0.25, 0.3) is 11.5 Å². The Kier molecular flexibility index (Phi) is 6.23. The molecule has 0 amide bonds. The van der Waals surface area contributed by atoms with Gasteiger partial charge in [0.15, 0.2) is 0 Å². The molecule has 1 N–H and O–H groups in total. The molecular formula is C24H21FN2O4S. The molecule has 32 heavy (non-hydrogen) atoms. The summed E-state index contributed by atoms with van der Waals surface area (Å²) in [5.41, 5.74) is 1.69. The highest BCUT2D eigenvalue weighted by atomic mass is 32.2. The number of benzene rings is 3. The monoisotopic (exact) mass is 452 g/mol. The van der Waals surface area contributed by atoms with E-state index in [1.165, 1.54) is 12.1 Å². The Balaban J connectivity index is 1.62. The van der Waals surface area contributed by atoms with Crippen LogP contribution in [-0.4, -0.2) is 26.6 Å². The summed E-state index contributed by atoms with van der Waals surface area (Å²) in [5.74, 6) is 0.339. The van der Waals surface area contributed by atoms with Crippen molar-refractivity contribution in [2.75, 3.05) is 18.5 Å². The van der Waals surface area contributed by atoms with E-state index in [0.717, 1.165) is 17.7 Å². The molecule has 8 heteroatoms. The third kappa shape index (κ3) is 4.81. The first-order valence-electron chi connectivity index (χ1n) is 9.94. The van der Waals surface area contributed by atoms with E-state index in [4.69, 9.17) is 9.15 Å². The maximum Gasteiger partial charge on any atom is 0.234 e. The molecule has 0 spiro atoms. The quantitative estimate of drug-likeness (QED) is 0.295. The first-order valence-corrected chi connectivity index (χ1v) is 11.4. The van der Waals surface area contributed by atoms with E-state index in [1.54, 1.807) is 12.1 Å². The van der Waals surface area contributed by atoms with Gasteiger partial charge < -0.3 is 14.5 Å². The SMILES string of the molecule is Cc1ccc(-c2nc(S(=O)(=O)c3ccc(F)cc3)c(NCCOc3ccccc3)o2)cc1. The highest BCUT2D eigenvalue weighted by molar-refractivity contribution is 7.91. The van der Waals surface area contributed by atoms with Crippen LogP contribution in [0.15, 0.2) is 93.2 Å². The average molecular weight is 453 g/mol.